The van der Waals surface area contributed by atoms with E-state index in [4.69, 9.17) is 0 Å². The number of aryl methyl sites for hydroxylation is 1. The van der Waals surface area contributed by atoms with Gasteiger partial charge >= 0.3 is 0 Å². The van der Waals surface area contributed by atoms with E-state index in [1.807, 2.05) is 25.1 Å². The Balaban J connectivity index is 2.59. The second-order valence-corrected chi connectivity index (χ2v) is 5.14. The summed E-state index contributed by atoms with van der Waals surface area (Å²) in [6.07, 6.45) is 1.51. The molecule has 1 N–H and O–H groups in total. The highest BCUT2D eigenvalue weighted by Crippen LogP contribution is 2.22. The summed E-state index contributed by atoms with van der Waals surface area (Å²) in [6.45, 7) is 1.97. The van der Waals surface area contributed by atoms with E-state index in [1.165, 1.54) is 6.20 Å². The van der Waals surface area contributed by atoms with Crippen molar-refractivity contribution in [3.63, 3.8) is 0 Å². The van der Waals surface area contributed by atoms with Crippen LogP contribution in [0.15, 0.2) is 38.1 Å². The van der Waals surface area contributed by atoms with Crippen LogP contribution in [-0.4, -0.2) is 9.97 Å². The summed E-state index contributed by atoms with van der Waals surface area (Å²) in [4.78, 5) is 18.3. The maximum atomic E-state index is 11.4. The Labute approximate surface area is 109 Å². The molecule has 0 amide bonds. The smallest absolute Gasteiger partial charge is 0.265 e. The van der Waals surface area contributed by atoms with E-state index >= 15 is 0 Å². The Morgan fingerprint density at radius 3 is 2.69 bits per heavy atom. The number of benzene rings is 1. The fraction of sp³-hybridized carbons (Fsp3) is 0.0909. The van der Waals surface area contributed by atoms with Crippen LogP contribution < -0.4 is 5.56 Å². The highest BCUT2D eigenvalue weighted by atomic mass is 79.9. The summed E-state index contributed by atoms with van der Waals surface area (Å²) in [7, 11) is 0. The van der Waals surface area contributed by atoms with Crippen LogP contribution in [0, 0.1) is 6.92 Å². The fourth-order valence-corrected chi connectivity index (χ4v) is 2.09. The molecule has 2 rings (SSSR count). The molecule has 1 heterocycles. The predicted octanol–water partition coefficient (Wildman–Crippen LogP) is 3.27. The molecule has 0 aliphatic rings. The molecule has 0 aliphatic carbocycles. The van der Waals surface area contributed by atoms with E-state index in [-0.39, 0.29) is 5.56 Å². The van der Waals surface area contributed by atoms with Crippen LogP contribution in [0.1, 0.15) is 5.56 Å². The van der Waals surface area contributed by atoms with E-state index in [9.17, 15) is 4.79 Å². The number of aromatic amines is 1. The molecule has 0 radical (unpaired) electrons. The lowest BCUT2D eigenvalue weighted by atomic mass is 10.1. The van der Waals surface area contributed by atoms with Crippen molar-refractivity contribution in [1.82, 2.24) is 9.97 Å². The summed E-state index contributed by atoms with van der Waals surface area (Å²) < 4.78 is 1.44. The van der Waals surface area contributed by atoms with Gasteiger partial charge < -0.3 is 4.98 Å². The SMILES string of the molecule is Cc1cc(Br)ccc1-c1ncc(Br)c(=O)[nH]1. The van der Waals surface area contributed by atoms with Crippen molar-refractivity contribution in [1.29, 1.82) is 0 Å². The number of hydrogen-bond acceptors (Lipinski definition) is 2. The molecule has 3 nitrogen and oxygen atoms in total. The van der Waals surface area contributed by atoms with E-state index in [0.717, 1.165) is 15.6 Å². The Kier molecular flexibility index (Phi) is 3.25. The lowest BCUT2D eigenvalue weighted by molar-refractivity contribution is 1.10. The van der Waals surface area contributed by atoms with Gasteiger partial charge in [-0.1, -0.05) is 15.9 Å². The molecule has 0 saturated heterocycles. The van der Waals surface area contributed by atoms with Gasteiger partial charge in [0.2, 0.25) is 0 Å². The molecule has 1 aromatic carbocycles. The topological polar surface area (TPSA) is 45.8 Å². The number of rotatable bonds is 1. The van der Waals surface area contributed by atoms with Crippen molar-refractivity contribution in [3.8, 4) is 11.4 Å². The maximum Gasteiger partial charge on any atom is 0.265 e. The summed E-state index contributed by atoms with van der Waals surface area (Å²) in [5, 5.41) is 0. The second kappa shape index (κ2) is 4.51. The summed E-state index contributed by atoms with van der Waals surface area (Å²) in [5.41, 5.74) is 1.81. The van der Waals surface area contributed by atoms with Gasteiger partial charge in [0.15, 0.2) is 0 Å². The first-order valence-electron chi connectivity index (χ1n) is 4.59. The molecule has 0 atom stereocenters. The quantitative estimate of drug-likeness (QED) is 0.863. The van der Waals surface area contributed by atoms with Crippen molar-refractivity contribution in [2.45, 2.75) is 6.92 Å². The normalized spacial score (nSPS) is 10.4. The number of aromatic nitrogens is 2. The van der Waals surface area contributed by atoms with Crippen LogP contribution in [0.5, 0.6) is 0 Å². The van der Waals surface area contributed by atoms with Crippen LogP contribution in [-0.2, 0) is 0 Å². The molecule has 0 bridgehead atoms. The lowest BCUT2D eigenvalue weighted by Crippen LogP contribution is -2.09. The van der Waals surface area contributed by atoms with Crippen LogP contribution >= 0.6 is 31.9 Å². The Morgan fingerprint density at radius 1 is 1.31 bits per heavy atom. The molecule has 82 valence electrons. The molecule has 16 heavy (non-hydrogen) atoms. The van der Waals surface area contributed by atoms with Gasteiger partial charge in [0, 0.05) is 16.2 Å². The second-order valence-electron chi connectivity index (χ2n) is 3.37. The number of nitrogens with zero attached hydrogens (tertiary/aromatic N) is 1. The third-order valence-electron chi connectivity index (χ3n) is 2.20. The summed E-state index contributed by atoms with van der Waals surface area (Å²) in [5.74, 6) is 0.582. The fourth-order valence-electron chi connectivity index (χ4n) is 1.41. The van der Waals surface area contributed by atoms with Gasteiger partial charge in [-0.05, 0) is 46.6 Å². The lowest BCUT2D eigenvalue weighted by Gasteiger charge is -2.05. The van der Waals surface area contributed by atoms with Gasteiger partial charge in [0.05, 0.1) is 0 Å². The van der Waals surface area contributed by atoms with Gasteiger partial charge in [0.1, 0.15) is 10.3 Å². The Bertz CT molecular complexity index is 593. The Morgan fingerprint density at radius 2 is 2.06 bits per heavy atom. The maximum absolute atomic E-state index is 11.4. The van der Waals surface area contributed by atoms with Gasteiger partial charge in [0.25, 0.3) is 5.56 Å². The minimum Gasteiger partial charge on any atom is -0.306 e. The highest BCUT2D eigenvalue weighted by Gasteiger charge is 2.05. The van der Waals surface area contributed by atoms with Gasteiger partial charge in [-0.15, -0.1) is 0 Å². The number of H-pyrrole nitrogens is 1. The third kappa shape index (κ3) is 2.25. The predicted molar refractivity (Wildman–Crippen MR) is 70.4 cm³/mol. The van der Waals surface area contributed by atoms with Crippen LogP contribution in [0.4, 0.5) is 0 Å². The van der Waals surface area contributed by atoms with E-state index < -0.39 is 0 Å². The largest absolute Gasteiger partial charge is 0.306 e. The first kappa shape index (κ1) is 11.5. The van der Waals surface area contributed by atoms with Crippen molar-refractivity contribution < 1.29 is 0 Å². The van der Waals surface area contributed by atoms with Crippen LogP contribution in [0.2, 0.25) is 0 Å². The monoisotopic (exact) mass is 342 g/mol. The molecule has 0 saturated carbocycles. The zero-order chi connectivity index (χ0) is 11.7. The third-order valence-corrected chi connectivity index (χ3v) is 3.26. The minimum atomic E-state index is -0.174. The molecule has 1 aromatic heterocycles. The van der Waals surface area contributed by atoms with Crippen molar-refractivity contribution in [2.24, 2.45) is 0 Å². The molecule has 0 unspecified atom stereocenters. The molecular formula is C11H8Br2N2O. The van der Waals surface area contributed by atoms with Crippen molar-refractivity contribution >= 4 is 31.9 Å². The van der Waals surface area contributed by atoms with Gasteiger partial charge in [-0.2, -0.15) is 0 Å². The summed E-state index contributed by atoms with van der Waals surface area (Å²) >= 11 is 6.51. The van der Waals surface area contributed by atoms with Gasteiger partial charge in [-0.3, -0.25) is 4.79 Å². The van der Waals surface area contributed by atoms with Crippen LogP contribution in [0.3, 0.4) is 0 Å². The van der Waals surface area contributed by atoms with Crippen LogP contribution in [0.25, 0.3) is 11.4 Å². The number of halogens is 2. The molecule has 2 aromatic rings. The van der Waals surface area contributed by atoms with Crippen molar-refractivity contribution in [3.05, 3.63) is 49.3 Å². The average Bonchev–Trinajstić information content (AvgIpc) is 2.22. The van der Waals surface area contributed by atoms with Gasteiger partial charge in [-0.25, -0.2) is 4.98 Å². The molecule has 0 spiro atoms. The zero-order valence-electron chi connectivity index (χ0n) is 8.42. The van der Waals surface area contributed by atoms with E-state index in [1.54, 1.807) is 0 Å². The summed E-state index contributed by atoms with van der Waals surface area (Å²) in [6, 6.07) is 5.83. The number of hydrogen-bond donors (Lipinski definition) is 1. The molecule has 0 fully saturated rings. The van der Waals surface area contributed by atoms with Crippen molar-refractivity contribution in [2.75, 3.05) is 0 Å². The molecular weight excluding hydrogens is 336 g/mol. The Hall–Kier alpha value is -0.940. The van der Waals surface area contributed by atoms with E-state index in [2.05, 4.69) is 41.8 Å². The molecule has 0 aliphatic heterocycles. The minimum absolute atomic E-state index is 0.174. The zero-order valence-corrected chi connectivity index (χ0v) is 11.6. The number of nitrogens with one attached hydrogen (secondary N) is 1. The molecule has 5 heteroatoms. The first-order chi connectivity index (χ1) is 7.58. The van der Waals surface area contributed by atoms with E-state index in [0.29, 0.717) is 10.3 Å². The first-order valence-corrected chi connectivity index (χ1v) is 6.18. The highest BCUT2D eigenvalue weighted by molar-refractivity contribution is 9.10. The standard InChI is InChI=1S/C11H8Br2N2O/c1-6-4-7(12)2-3-8(6)10-14-5-9(13)11(16)15-10/h2-5H,1H3,(H,14,15,16). The average molecular weight is 344 g/mol.